The smallest absolute Gasteiger partial charge is 0.343 e. The van der Waals surface area contributed by atoms with Crippen molar-refractivity contribution in [3.8, 4) is 5.75 Å². The van der Waals surface area contributed by atoms with Crippen molar-refractivity contribution in [2.45, 2.75) is 6.42 Å². The van der Waals surface area contributed by atoms with E-state index in [0.29, 0.717) is 11.3 Å². The van der Waals surface area contributed by atoms with Crippen LogP contribution in [0.1, 0.15) is 21.5 Å². The number of benzene rings is 3. The number of thiazole rings is 1. The third-order valence-corrected chi connectivity index (χ3v) is 6.85. The average molecular weight is 444 g/mol. The van der Waals surface area contributed by atoms with Gasteiger partial charge in [-0.15, -0.1) is 0 Å². The Balaban J connectivity index is 1.26. The maximum Gasteiger partial charge on any atom is 0.343 e. The molecule has 5 nitrogen and oxygen atoms in total. The first kappa shape index (κ1) is 20.7. The summed E-state index contributed by atoms with van der Waals surface area (Å²) >= 11 is 1.65. The lowest BCUT2D eigenvalue weighted by molar-refractivity contribution is 0.0735. The number of anilines is 1. The molecule has 0 saturated carbocycles. The predicted molar refractivity (Wildman–Crippen MR) is 130 cm³/mol. The first-order valence-electron chi connectivity index (χ1n) is 10.8. The van der Waals surface area contributed by atoms with E-state index in [9.17, 15) is 4.79 Å². The number of aromatic nitrogens is 1. The largest absolute Gasteiger partial charge is 0.423 e. The van der Waals surface area contributed by atoms with Gasteiger partial charge in [-0.05, 0) is 48.9 Å². The normalized spacial score (nSPS) is 14.6. The van der Waals surface area contributed by atoms with E-state index in [0.717, 1.165) is 53.5 Å². The van der Waals surface area contributed by atoms with Gasteiger partial charge in [0.25, 0.3) is 0 Å². The van der Waals surface area contributed by atoms with Gasteiger partial charge in [-0.1, -0.05) is 53.8 Å². The van der Waals surface area contributed by atoms with E-state index in [2.05, 4.69) is 29.0 Å². The Kier molecular flexibility index (Phi) is 5.88. The van der Waals surface area contributed by atoms with Gasteiger partial charge in [-0.25, -0.2) is 9.78 Å². The molecule has 6 heteroatoms. The summed E-state index contributed by atoms with van der Waals surface area (Å²) in [6.07, 6.45) is 0.841. The third-order valence-electron chi connectivity index (χ3n) is 5.77. The molecule has 3 aromatic carbocycles. The van der Waals surface area contributed by atoms with Gasteiger partial charge in [0.2, 0.25) is 0 Å². The fourth-order valence-electron chi connectivity index (χ4n) is 3.85. The van der Waals surface area contributed by atoms with Crippen LogP contribution in [-0.2, 0) is 6.42 Å². The van der Waals surface area contributed by atoms with Crippen molar-refractivity contribution in [2.24, 2.45) is 0 Å². The first-order chi connectivity index (χ1) is 15.6. The Morgan fingerprint density at radius 2 is 1.66 bits per heavy atom. The second kappa shape index (κ2) is 9.10. The van der Waals surface area contributed by atoms with Crippen LogP contribution in [0.25, 0.3) is 10.2 Å². The lowest BCUT2D eigenvalue weighted by atomic mass is 10.0. The van der Waals surface area contributed by atoms with Crippen LogP contribution in [0, 0.1) is 0 Å². The number of carbonyl (C=O) groups excluding carboxylic acids is 1. The van der Waals surface area contributed by atoms with Crippen molar-refractivity contribution in [1.29, 1.82) is 0 Å². The lowest BCUT2D eigenvalue weighted by Gasteiger charge is -2.31. The predicted octanol–water partition coefficient (Wildman–Crippen LogP) is 4.86. The molecule has 0 spiro atoms. The van der Waals surface area contributed by atoms with E-state index in [1.54, 1.807) is 11.3 Å². The van der Waals surface area contributed by atoms with Gasteiger partial charge < -0.3 is 14.5 Å². The average Bonchev–Trinajstić information content (AvgIpc) is 3.24. The van der Waals surface area contributed by atoms with Gasteiger partial charge in [0.05, 0.1) is 15.8 Å². The number of fused-ring (bicyclic) bond motifs is 1. The Morgan fingerprint density at radius 1 is 0.938 bits per heavy atom. The van der Waals surface area contributed by atoms with Crippen LogP contribution < -0.4 is 9.64 Å². The highest BCUT2D eigenvalue weighted by molar-refractivity contribution is 7.22. The molecular formula is C26H25N3O2S. The van der Waals surface area contributed by atoms with Gasteiger partial charge in [-0.2, -0.15) is 0 Å². The molecule has 4 aromatic rings. The van der Waals surface area contributed by atoms with Crippen molar-refractivity contribution < 1.29 is 9.53 Å². The summed E-state index contributed by atoms with van der Waals surface area (Å²) in [5, 5.41) is 1.03. The van der Waals surface area contributed by atoms with Crippen LogP contribution >= 0.6 is 11.3 Å². The Labute approximate surface area is 191 Å². The highest BCUT2D eigenvalue weighted by Crippen LogP contribution is 2.32. The third kappa shape index (κ3) is 4.66. The highest BCUT2D eigenvalue weighted by atomic mass is 32.1. The molecule has 0 bridgehead atoms. The number of rotatable bonds is 5. The van der Waals surface area contributed by atoms with Crippen LogP contribution in [0.15, 0.2) is 72.8 Å². The molecule has 32 heavy (non-hydrogen) atoms. The van der Waals surface area contributed by atoms with Crippen LogP contribution in [0.4, 0.5) is 5.13 Å². The molecular weight excluding hydrogens is 418 g/mol. The summed E-state index contributed by atoms with van der Waals surface area (Å²) in [4.78, 5) is 22.1. The van der Waals surface area contributed by atoms with E-state index in [4.69, 9.17) is 9.72 Å². The number of ether oxygens (including phenoxy) is 1. The van der Waals surface area contributed by atoms with Crippen molar-refractivity contribution in [2.75, 3.05) is 38.1 Å². The van der Waals surface area contributed by atoms with Gasteiger partial charge in [0.1, 0.15) is 5.75 Å². The van der Waals surface area contributed by atoms with Crippen molar-refractivity contribution in [1.82, 2.24) is 9.88 Å². The Bertz CT molecular complexity index is 1210. The zero-order valence-electron chi connectivity index (χ0n) is 18.0. The van der Waals surface area contributed by atoms with Crippen molar-refractivity contribution in [3.05, 3.63) is 89.5 Å². The van der Waals surface area contributed by atoms with E-state index in [1.165, 1.54) is 5.56 Å². The van der Waals surface area contributed by atoms with Gasteiger partial charge in [-0.3, -0.25) is 0 Å². The second-order valence-corrected chi connectivity index (χ2v) is 9.17. The summed E-state index contributed by atoms with van der Waals surface area (Å²) in [7, 11) is 2.15. The minimum Gasteiger partial charge on any atom is -0.423 e. The molecule has 162 valence electrons. The molecule has 0 amide bonds. The number of piperazine rings is 1. The minimum atomic E-state index is -0.348. The van der Waals surface area contributed by atoms with E-state index in [-0.39, 0.29) is 5.97 Å². The number of esters is 1. The maximum atomic E-state index is 12.7. The highest BCUT2D eigenvalue weighted by Gasteiger charge is 2.18. The molecule has 5 rings (SSSR count). The summed E-state index contributed by atoms with van der Waals surface area (Å²) in [5.74, 6) is 0.198. The molecule has 0 unspecified atom stereocenters. The molecule has 0 atom stereocenters. The first-order valence-corrected chi connectivity index (χ1v) is 11.6. The zero-order chi connectivity index (χ0) is 21.9. The van der Waals surface area contributed by atoms with Crippen molar-refractivity contribution >= 4 is 32.7 Å². The molecule has 1 aromatic heterocycles. The summed E-state index contributed by atoms with van der Waals surface area (Å²) < 4.78 is 6.69. The standard InChI is InChI=1S/C26H25N3O2S/c1-28-13-15-29(16-14-28)26-27-23-12-11-22(18-24(23)32-26)31-25(30)21-9-7-20(8-10-21)17-19-5-3-2-4-6-19/h2-12,18H,13-17H2,1H3. The fourth-order valence-corrected chi connectivity index (χ4v) is 4.89. The Hall–Kier alpha value is -3.22. The maximum absolute atomic E-state index is 12.7. The minimum absolute atomic E-state index is 0.348. The number of hydrogen-bond acceptors (Lipinski definition) is 6. The summed E-state index contributed by atoms with van der Waals surface area (Å²) in [6, 6.07) is 23.6. The fraction of sp³-hybridized carbons (Fsp3) is 0.231. The number of likely N-dealkylation sites (N-methyl/N-ethyl adjacent to an activating group) is 1. The van der Waals surface area contributed by atoms with Gasteiger partial charge in [0, 0.05) is 32.2 Å². The molecule has 1 fully saturated rings. The van der Waals surface area contributed by atoms with Crippen LogP contribution in [-0.4, -0.2) is 49.1 Å². The second-order valence-electron chi connectivity index (χ2n) is 8.17. The quantitative estimate of drug-likeness (QED) is 0.326. The van der Waals surface area contributed by atoms with Crippen molar-refractivity contribution in [3.63, 3.8) is 0 Å². The SMILES string of the molecule is CN1CCN(c2nc3ccc(OC(=O)c4ccc(Cc5ccccc5)cc4)cc3s2)CC1. The molecule has 2 heterocycles. The monoisotopic (exact) mass is 443 g/mol. The Morgan fingerprint density at radius 3 is 2.41 bits per heavy atom. The van der Waals surface area contributed by atoms with Crippen LogP contribution in [0.2, 0.25) is 0 Å². The van der Waals surface area contributed by atoms with Gasteiger partial charge in [0.15, 0.2) is 5.13 Å². The molecule has 1 saturated heterocycles. The number of nitrogens with zero attached hydrogens (tertiary/aromatic N) is 3. The molecule has 1 aliphatic heterocycles. The van der Waals surface area contributed by atoms with E-state index in [1.807, 2.05) is 60.7 Å². The number of hydrogen-bond donors (Lipinski definition) is 0. The molecule has 1 aliphatic rings. The molecule has 0 aliphatic carbocycles. The summed E-state index contributed by atoms with van der Waals surface area (Å²) in [5.41, 5.74) is 3.89. The van der Waals surface area contributed by atoms with E-state index >= 15 is 0 Å². The van der Waals surface area contributed by atoms with Gasteiger partial charge >= 0.3 is 5.97 Å². The zero-order valence-corrected chi connectivity index (χ0v) is 18.8. The molecule has 0 N–H and O–H groups in total. The number of carbonyl (C=O) groups is 1. The summed E-state index contributed by atoms with van der Waals surface area (Å²) in [6.45, 7) is 4.06. The van der Waals surface area contributed by atoms with Crippen LogP contribution in [0.5, 0.6) is 5.75 Å². The topological polar surface area (TPSA) is 45.7 Å². The molecule has 0 radical (unpaired) electrons. The van der Waals surface area contributed by atoms with Crippen LogP contribution in [0.3, 0.4) is 0 Å². The van der Waals surface area contributed by atoms with E-state index < -0.39 is 0 Å². The lowest BCUT2D eigenvalue weighted by Crippen LogP contribution is -2.44.